The van der Waals surface area contributed by atoms with Crippen molar-refractivity contribution in [2.75, 3.05) is 19.7 Å². The van der Waals surface area contributed by atoms with E-state index < -0.39 is 10.0 Å². The van der Waals surface area contributed by atoms with Gasteiger partial charge in [0.25, 0.3) is 0 Å². The lowest BCUT2D eigenvalue weighted by Crippen LogP contribution is -2.35. The highest BCUT2D eigenvalue weighted by Crippen LogP contribution is 2.28. The smallest absolute Gasteiger partial charge is 0.244 e. The minimum Gasteiger partial charge on any atom is -0.492 e. The number of sulfonamides is 1. The van der Waals surface area contributed by atoms with E-state index in [0.29, 0.717) is 16.8 Å². The van der Waals surface area contributed by atoms with E-state index in [1.165, 1.54) is 0 Å². The van der Waals surface area contributed by atoms with Gasteiger partial charge in [-0.2, -0.15) is 0 Å². The fraction of sp³-hybridized carbons (Fsp3) is 0.571. The molecule has 1 atom stereocenters. The van der Waals surface area contributed by atoms with Crippen LogP contribution >= 0.6 is 15.9 Å². The van der Waals surface area contributed by atoms with Crippen molar-refractivity contribution >= 4 is 26.0 Å². The van der Waals surface area contributed by atoms with E-state index in [9.17, 15) is 8.42 Å². The van der Waals surface area contributed by atoms with Crippen LogP contribution in [0.2, 0.25) is 0 Å². The molecule has 2 N–H and O–H groups in total. The van der Waals surface area contributed by atoms with Gasteiger partial charge in [-0.15, -0.1) is 0 Å². The van der Waals surface area contributed by atoms with Gasteiger partial charge in [-0.1, -0.05) is 15.9 Å². The third-order valence-corrected chi connectivity index (χ3v) is 5.43. The van der Waals surface area contributed by atoms with Gasteiger partial charge in [0, 0.05) is 10.5 Å². The summed E-state index contributed by atoms with van der Waals surface area (Å²) in [6.07, 6.45) is 2.63. The molecule has 0 bridgehead atoms. The first kappa shape index (κ1) is 16.7. The number of benzene rings is 1. The predicted octanol–water partition coefficient (Wildman–Crippen LogP) is 2.27. The van der Waals surface area contributed by atoms with Crippen LogP contribution in [-0.2, 0) is 10.0 Å². The Balaban J connectivity index is 2.23. The van der Waals surface area contributed by atoms with Gasteiger partial charge in [-0.05, 0) is 57.5 Å². The minimum absolute atomic E-state index is 0.0292. The zero-order valence-electron chi connectivity index (χ0n) is 12.1. The molecular weight excluding hydrogens is 356 g/mol. The Kier molecular flexibility index (Phi) is 6.04. The maximum Gasteiger partial charge on any atom is 0.244 e. The predicted molar refractivity (Wildman–Crippen MR) is 86.1 cm³/mol. The SMILES string of the molecule is CCOc1ccc(Br)cc1S(=O)(=O)NC1CCCNCC1. The maximum absolute atomic E-state index is 12.6. The summed E-state index contributed by atoms with van der Waals surface area (Å²) in [4.78, 5) is 0.191. The Morgan fingerprint density at radius 1 is 1.38 bits per heavy atom. The molecule has 0 aromatic heterocycles. The van der Waals surface area contributed by atoms with Crippen molar-refractivity contribution in [3.8, 4) is 5.75 Å². The molecule has 1 saturated heterocycles. The number of nitrogens with one attached hydrogen (secondary N) is 2. The van der Waals surface area contributed by atoms with Gasteiger partial charge < -0.3 is 10.1 Å². The van der Waals surface area contributed by atoms with Crippen molar-refractivity contribution in [2.24, 2.45) is 0 Å². The molecule has 0 saturated carbocycles. The quantitative estimate of drug-likeness (QED) is 0.826. The van der Waals surface area contributed by atoms with Crippen LogP contribution in [0.3, 0.4) is 0 Å². The van der Waals surface area contributed by atoms with Crippen LogP contribution in [0.25, 0.3) is 0 Å². The number of halogens is 1. The van der Waals surface area contributed by atoms with Crippen LogP contribution in [0.5, 0.6) is 5.75 Å². The summed E-state index contributed by atoms with van der Waals surface area (Å²) >= 11 is 3.32. The van der Waals surface area contributed by atoms with E-state index in [1.54, 1.807) is 18.2 Å². The summed E-state index contributed by atoms with van der Waals surface area (Å²) in [6, 6.07) is 5.01. The molecule has 7 heteroatoms. The van der Waals surface area contributed by atoms with E-state index in [-0.39, 0.29) is 10.9 Å². The van der Waals surface area contributed by atoms with Crippen molar-refractivity contribution < 1.29 is 13.2 Å². The summed E-state index contributed by atoms with van der Waals surface area (Å²) in [5.74, 6) is 0.389. The Bertz CT molecular complexity index is 570. The molecule has 1 fully saturated rings. The van der Waals surface area contributed by atoms with Crippen molar-refractivity contribution in [1.82, 2.24) is 10.0 Å². The zero-order valence-corrected chi connectivity index (χ0v) is 14.5. The van der Waals surface area contributed by atoms with E-state index >= 15 is 0 Å². The molecule has 1 aliphatic heterocycles. The second-order valence-electron chi connectivity index (χ2n) is 5.02. The minimum atomic E-state index is -3.58. The highest BCUT2D eigenvalue weighted by Gasteiger charge is 2.24. The summed E-state index contributed by atoms with van der Waals surface area (Å²) in [6.45, 7) is 4.05. The topological polar surface area (TPSA) is 67.4 Å². The Morgan fingerprint density at radius 3 is 2.95 bits per heavy atom. The third kappa shape index (κ3) is 4.67. The average Bonchev–Trinajstić information content (AvgIpc) is 2.69. The van der Waals surface area contributed by atoms with Gasteiger partial charge in [-0.25, -0.2) is 13.1 Å². The van der Waals surface area contributed by atoms with Gasteiger partial charge in [0.2, 0.25) is 10.0 Å². The van der Waals surface area contributed by atoms with Gasteiger partial charge in [0.15, 0.2) is 0 Å². The molecule has 0 spiro atoms. The molecule has 1 heterocycles. The highest BCUT2D eigenvalue weighted by atomic mass is 79.9. The molecule has 2 rings (SSSR count). The molecule has 1 aromatic rings. The van der Waals surface area contributed by atoms with Crippen molar-refractivity contribution in [3.05, 3.63) is 22.7 Å². The fourth-order valence-corrected chi connectivity index (χ4v) is 4.37. The van der Waals surface area contributed by atoms with E-state index in [4.69, 9.17) is 4.74 Å². The first-order valence-electron chi connectivity index (χ1n) is 7.18. The van der Waals surface area contributed by atoms with Crippen LogP contribution in [-0.4, -0.2) is 34.2 Å². The second kappa shape index (κ2) is 7.58. The standard InChI is InChI=1S/C14H21BrN2O3S/c1-2-20-13-6-5-11(15)10-14(13)21(18,19)17-12-4-3-8-16-9-7-12/h5-6,10,12,16-17H,2-4,7-9H2,1H3. The molecule has 1 aromatic carbocycles. The van der Waals surface area contributed by atoms with Gasteiger partial charge >= 0.3 is 0 Å². The summed E-state index contributed by atoms with van der Waals surface area (Å²) in [5.41, 5.74) is 0. The van der Waals surface area contributed by atoms with Gasteiger partial charge in [-0.3, -0.25) is 0 Å². The zero-order chi connectivity index (χ0) is 15.3. The Labute approximate surface area is 134 Å². The number of ether oxygens (including phenoxy) is 1. The first-order chi connectivity index (χ1) is 10.0. The lowest BCUT2D eigenvalue weighted by atomic mass is 10.1. The van der Waals surface area contributed by atoms with Crippen molar-refractivity contribution in [3.63, 3.8) is 0 Å². The fourth-order valence-electron chi connectivity index (χ4n) is 2.39. The number of hydrogen-bond donors (Lipinski definition) is 2. The molecular formula is C14H21BrN2O3S. The Hall–Kier alpha value is -0.630. The lowest BCUT2D eigenvalue weighted by Gasteiger charge is -2.18. The Morgan fingerprint density at radius 2 is 2.19 bits per heavy atom. The first-order valence-corrected chi connectivity index (χ1v) is 9.46. The normalized spacial score (nSPS) is 20.0. The maximum atomic E-state index is 12.6. The van der Waals surface area contributed by atoms with E-state index in [2.05, 4.69) is 26.0 Å². The van der Waals surface area contributed by atoms with E-state index in [1.807, 2.05) is 6.92 Å². The van der Waals surface area contributed by atoms with Gasteiger partial charge in [0.05, 0.1) is 6.61 Å². The lowest BCUT2D eigenvalue weighted by molar-refractivity contribution is 0.330. The molecule has 1 aliphatic rings. The van der Waals surface area contributed by atoms with Crippen molar-refractivity contribution in [2.45, 2.75) is 37.1 Å². The number of rotatable bonds is 5. The molecule has 21 heavy (non-hydrogen) atoms. The molecule has 0 aliphatic carbocycles. The number of hydrogen-bond acceptors (Lipinski definition) is 4. The van der Waals surface area contributed by atoms with Crippen LogP contribution in [0, 0.1) is 0 Å². The molecule has 5 nitrogen and oxygen atoms in total. The van der Waals surface area contributed by atoms with Crippen LogP contribution < -0.4 is 14.8 Å². The largest absolute Gasteiger partial charge is 0.492 e. The summed E-state index contributed by atoms with van der Waals surface area (Å²) in [7, 11) is -3.58. The summed E-state index contributed by atoms with van der Waals surface area (Å²) < 4.78 is 34.2. The van der Waals surface area contributed by atoms with Crippen LogP contribution in [0.1, 0.15) is 26.2 Å². The van der Waals surface area contributed by atoms with Crippen LogP contribution in [0.15, 0.2) is 27.6 Å². The van der Waals surface area contributed by atoms with Gasteiger partial charge in [0.1, 0.15) is 10.6 Å². The molecule has 1 unspecified atom stereocenters. The average molecular weight is 377 g/mol. The van der Waals surface area contributed by atoms with E-state index in [0.717, 1.165) is 32.4 Å². The molecule has 0 radical (unpaired) electrons. The molecule has 118 valence electrons. The van der Waals surface area contributed by atoms with Crippen LogP contribution in [0.4, 0.5) is 0 Å². The highest BCUT2D eigenvalue weighted by molar-refractivity contribution is 9.10. The summed E-state index contributed by atoms with van der Waals surface area (Å²) in [5, 5.41) is 3.28. The molecule has 0 amide bonds. The third-order valence-electron chi connectivity index (χ3n) is 3.39. The second-order valence-corrected chi connectivity index (χ2v) is 7.62. The van der Waals surface area contributed by atoms with Crippen molar-refractivity contribution in [1.29, 1.82) is 0 Å². The monoisotopic (exact) mass is 376 g/mol.